The average Bonchev–Trinajstić information content (AvgIpc) is 2.71. The van der Waals surface area contributed by atoms with Gasteiger partial charge in [-0.2, -0.15) is 0 Å². The molecule has 0 radical (unpaired) electrons. The van der Waals surface area contributed by atoms with Gasteiger partial charge in [-0.15, -0.1) is 0 Å². The third kappa shape index (κ3) is 6.85. The van der Waals surface area contributed by atoms with Crippen LogP contribution in [0, 0.1) is 5.41 Å². The summed E-state index contributed by atoms with van der Waals surface area (Å²) in [7, 11) is 0. The van der Waals surface area contributed by atoms with Crippen molar-refractivity contribution in [2.45, 2.75) is 38.1 Å². The van der Waals surface area contributed by atoms with Crippen molar-refractivity contribution in [3.63, 3.8) is 0 Å². The summed E-state index contributed by atoms with van der Waals surface area (Å²) in [5, 5.41) is 19.0. The fraction of sp³-hybridized carbons (Fsp3) is 0.286. The van der Waals surface area contributed by atoms with Crippen LogP contribution in [0.2, 0.25) is 0 Å². The van der Waals surface area contributed by atoms with Gasteiger partial charge in [0.1, 0.15) is 5.84 Å². The van der Waals surface area contributed by atoms with Crippen molar-refractivity contribution in [2.75, 3.05) is 0 Å². The Morgan fingerprint density at radius 3 is 2.29 bits per heavy atom. The summed E-state index contributed by atoms with van der Waals surface area (Å²) in [5.74, 6) is -0.638. The number of rotatable bonds is 10. The van der Waals surface area contributed by atoms with Gasteiger partial charge in [0.05, 0.1) is 12.5 Å². The summed E-state index contributed by atoms with van der Waals surface area (Å²) in [5.41, 5.74) is 9.69. The number of nitrogens with two attached hydrogens (primary N) is 1. The van der Waals surface area contributed by atoms with Gasteiger partial charge in [0.25, 0.3) is 0 Å². The number of hydroxylamine groups is 1. The van der Waals surface area contributed by atoms with Gasteiger partial charge in [0.15, 0.2) is 0 Å². The van der Waals surface area contributed by atoms with Crippen molar-refractivity contribution in [3.05, 3.63) is 71.3 Å². The van der Waals surface area contributed by atoms with Crippen LogP contribution in [-0.4, -0.2) is 22.9 Å². The van der Waals surface area contributed by atoms with E-state index in [1.54, 1.807) is 5.48 Å². The Bertz CT molecular complexity index is 791. The van der Waals surface area contributed by atoms with Crippen LogP contribution in [0.4, 0.5) is 0 Å². The normalized spacial score (nSPS) is 11.5. The molecule has 28 heavy (non-hydrogen) atoms. The predicted octanol–water partition coefficient (Wildman–Crippen LogP) is 2.44. The van der Waals surface area contributed by atoms with E-state index < -0.39 is 11.9 Å². The van der Waals surface area contributed by atoms with Crippen LogP contribution in [0.5, 0.6) is 0 Å². The summed E-state index contributed by atoms with van der Waals surface area (Å²) in [6.07, 6.45) is 2.72. The van der Waals surface area contributed by atoms with Crippen molar-refractivity contribution in [2.24, 2.45) is 5.73 Å². The second kappa shape index (κ2) is 10.8. The molecule has 0 fully saturated rings. The van der Waals surface area contributed by atoms with Gasteiger partial charge in [-0.25, -0.2) is 5.48 Å². The Labute approximate surface area is 164 Å². The highest BCUT2D eigenvalue weighted by atomic mass is 16.5. The first kappa shape index (κ1) is 21.1. The maximum atomic E-state index is 12.3. The standard InChI is InChI=1S/C21H26N4O3/c22-21(23)17-12-10-15(11-13-17)6-4-5-9-19(26)24-18(14-20(27)25-28)16-7-2-1-3-8-16/h1-3,7-8,10-13,18,28H,4-6,9,14H2,(H3,22,23)(H,24,26)(H,25,27). The first-order chi connectivity index (χ1) is 13.5. The van der Waals surface area contributed by atoms with E-state index in [4.69, 9.17) is 16.4 Å². The van der Waals surface area contributed by atoms with Gasteiger partial charge in [0.2, 0.25) is 11.8 Å². The minimum atomic E-state index is -0.553. The van der Waals surface area contributed by atoms with E-state index in [0.29, 0.717) is 18.4 Å². The fourth-order valence-corrected chi connectivity index (χ4v) is 2.90. The topological polar surface area (TPSA) is 128 Å². The van der Waals surface area contributed by atoms with E-state index in [-0.39, 0.29) is 18.2 Å². The molecule has 2 aromatic carbocycles. The quantitative estimate of drug-likeness (QED) is 0.142. The van der Waals surface area contributed by atoms with E-state index in [1.165, 1.54) is 0 Å². The summed E-state index contributed by atoms with van der Waals surface area (Å²) in [6.45, 7) is 0. The zero-order chi connectivity index (χ0) is 20.4. The summed E-state index contributed by atoms with van der Waals surface area (Å²) in [6, 6.07) is 16.2. The third-order valence-electron chi connectivity index (χ3n) is 4.44. The van der Waals surface area contributed by atoms with Crippen molar-refractivity contribution in [3.8, 4) is 0 Å². The van der Waals surface area contributed by atoms with E-state index in [0.717, 1.165) is 24.0 Å². The number of hydrogen-bond acceptors (Lipinski definition) is 4. The zero-order valence-corrected chi connectivity index (χ0v) is 15.7. The molecule has 0 bridgehead atoms. The Morgan fingerprint density at radius 1 is 1.00 bits per heavy atom. The molecule has 0 heterocycles. The third-order valence-corrected chi connectivity index (χ3v) is 4.44. The lowest BCUT2D eigenvalue weighted by Crippen LogP contribution is -2.32. The molecule has 0 aromatic heterocycles. The number of nitrogen functional groups attached to an aromatic ring is 1. The monoisotopic (exact) mass is 382 g/mol. The van der Waals surface area contributed by atoms with Crippen LogP contribution < -0.4 is 16.5 Å². The maximum absolute atomic E-state index is 12.3. The molecule has 0 aliphatic rings. The molecular formula is C21H26N4O3. The minimum absolute atomic E-state index is 0.0330. The molecule has 2 aromatic rings. The van der Waals surface area contributed by atoms with Crippen LogP contribution >= 0.6 is 0 Å². The highest BCUT2D eigenvalue weighted by Crippen LogP contribution is 2.17. The first-order valence-electron chi connectivity index (χ1n) is 9.20. The molecule has 7 nitrogen and oxygen atoms in total. The Hall–Kier alpha value is -3.19. The van der Waals surface area contributed by atoms with Gasteiger partial charge in [0, 0.05) is 12.0 Å². The van der Waals surface area contributed by atoms with E-state index in [1.807, 2.05) is 54.6 Å². The van der Waals surface area contributed by atoms with Crippen molar-refractivity contribution >= 4 is 17.6 Å². The van der Waals surface area contributed by atoms with Gasteiger partial charge < -0.3 is 11.1 Å². The molecule has 0 aliphatic carbocycles. The number of benzene rings is 2. The van der Waals surface area contributed by atoms with Crippen LogP contribution in [0.25, 0.3) is 0 Å². The number of nitrogens with one attached hydrogen (secondary N) is 3. The number of hydrogen-bond donors (Lipinski definition) is 5. The average molecular weight is 382 g/mol. The van der Waals surface area contributed by atoms with E-state index in [2.05, 4.69) is 5.32 Å². The highest BCUT2D eigenvalue weighted by Gasteiger charge is 2.17. The number of amides is 2. The summed E-state index contributed by atoms with van der Waals surface area (Å²) >= 11 is 0. The molecule has 0 spiro atoms. The minimum Gasteiger partial charge on any atom is -0.384 e. The molecule has 0 aliphatic heterocycles. The van der Waals surface area contributed by atoms with Crippen molar-refractivity contribution < 1.29 is 14.8 Å². The lowest BCUT2D eigenvalue weighted by atomic mass is 10.0. The van der Waals surface area contributed by atoms with Gasteiger partial charge in [-0.05, 0) is 30.4 Å². The van der Waals surface area contributed by atoms with E-state index in [9.17, 15) is 9.59 Å². The van der Waals surface area contributed by atoms with Crippen molar-refractivity contribution in [1.29, 1.82) is 5.41 Å². The number of carbonyl (C=O) groups is 2. The van der Waals surface area contributed by atoms with Gasteiger partial charge >= 0.3 is 0 Å². The lowest BCUT2D eigenvalue weighted by Gasteiger charge is -2.18. The van der Waals surface area contributed by atoms with E-state index >= 15 is 0 Å². The molecule has 1 atom stereocenters. The molecular weight excluding hydrogens is 356 g/mol. The van der Waals surface area contributed by atoms with Crippen LogP contribution in [0.15, 0.2) is 54.6 Å². The Morgan fingerprint density at radius 2 is 1.68 bits per heavy atom. The first-order valence-corrected chi connectivity index (χ1v) is 9.20. The number of carbonyl (C=O) groups excluding carboxylic acids is 2. The SMILES string of the molecule is N=C(N)c1ccc(CCCCC(=O)NC(CC(=O)NO)c2ccccc2)cc1. The Balaban J connectivity index is 1.80. The predicted molar refractivity (Wildman–Crippen MR) is 107 cm³/mol. The fourth-order valence-electron chi connectivity index (χ4n) is 2.90. The molecule has 0 saturated heterocycles. The number of aryl methyl sites for hydroxylation is 1. The molecule has 0 saturated carbocycles. The lowest BCUT2D eigenvalue weighted by molar-refractivity contribution is -0.130. The van der Waals surface area contributed by atoms with Crippen LogP contribution in [0.1, 0.15) is 48.4 Å². The molecule has 2 amide bonds. The molecule has 7 heteroatoms. The smallest absolute Gasteiger partial charge is 0.245 e. The van der Waals surface area contributed by atoms with Crippen LogP contribution in [0.3, 0.4) is 0 Å². The largest absolute Gasteiger partial charge is 0.384 e. The number of amidine groups is 1. The number of unbranched alkanes of at least 4 members (excludes halogenated alkanes) is 1. The molecule has 6 N–H and O–H groups in total. The molecule has 2 rings (SSSR count). The Kier molecular flexibility index (Phi) is 8.17. The van der Waals surface area contributed by atoms with Gasteiger partial charge in [-0.3, -0.25) is 20.2 Å². The zero-order valence-electron chi connectivity index (χ0n) is 15.7. The summed E-state index contributed by atoms with van der Waals surface area (Å²) in [4.78, 5) is 23.8. The van der Waals surface area contributed by atoms with Crippen molar-refractivity contribution in [1.82, 2.24) is 10.8 Å². The maximum Gasteiger partial charge on any atom is 0.245 e. The molecule has 1 unspecified atom stereocenters. The highest BCUT2D eigenvalue weighted by molar-refractivity contribution is 5.94. The second-order valence-corrected chi connectivity index (χ2v) is 6.59. The van der Waals surface area contributed by atoms with Crippen LogP contribution in [-0.2, 0) is 16.0 Å². The van der Waals surface area contributed by atoms with Gasteiger partial charge in [-0.1, -0.05) is 54.6 Å². The second-order valence-electron chi connectivity index (χ2n) is 6.59. The molecule has 148 valence electrons. The summed E-state index contributed by atoms with van der Waals surface area (Å²) < 4.78 is 0.